The van der Waals surface area contributed by atoms with Gasteiger partial charge in [0.2, 0.25) is 0 Å². The Morgan fingerprint density at radius 2 is 1.53 bits per heavy atom. The number of likely N-dealkylation sites (tertiary alicyclic amines) is 1. The number of nitrogens with zero attached hydrogens (tertiary/aromatic N) is 5. The SMILES string of the molecule is Cc1c(C(=O)O)c(-c2cccc(N3CCN(c4ccc(N5CCO[P@]5(=O)c5ccc(N[C@H](CCN6CCC(COP=O)CC6)CSc6ccccc6)c(S(C)(=O)=O)c5)cc4)CC3)c2)c(-c2ccc(Cl)cc2)n1C(C)C. The molecule has 3 aliphatic rings. The monoisotopic (exact) mass is 1110 g/mol. The van der Waals surface area contributed by atoms with Gasteiger partial charge >= 0.3 is 22.2 Å². The quantitative estimate of drug-likeness (QED) is 0.0550. The Balaban J connectivity index is 0.886. The number of nitrogens with one attached hydrogen (secondary N) is 1. The fraction of sp³-hybridized carbons (Fsp3) is 0.375. The van der Waals surface area contributed by atoms with Crippen molar-refractivity contribution in [3.8, 4) is 22.4 Å². The van der Waals surface area contributed by atoms with Gasteiger partial charge < -0.3 is 34.2 Å². The average Bonchev–Trinajstić information content (AvgIpc) is 3.99. The summed E-state index contributed by atoms with van der Waals surface area (Å²) in [5.74, 6) is 0.118. The summed E-state index contributed by atoms with van der Waals surface area (Å²) in [6.07, 6.45) is 3.90. The number of hydrogen-bond donors (Lipinski definition) is 2. The second-order valence-electron chi connectivity index (χ2n) is 19.8. The first-order valence-corrected chi connectivity index (χ1v) is 31.1. The predicted octanol–water partition coefficient (Wildman–Crippen LogP) is 12.0. The summed E-state index contributed by atoms with van der Waals surface area (Å²) < 4.78 is 68.2. The summed E-state index contributed by atoms with van der Waals surface area (Å²) in [4.78, 5) is 21.2. The Morgan fingerprint density at radius 3 is 2.19 bits per heavy atom. The van der Waals surface area contributed by atoms with Crippen LogP contribution in [0.25, 0.3) is 22.4 Å². The molecule has 75 heavy (non-hydrogen) atoms. The van der Waals surface area contributed by atoms with Crippen LogP contribution in [0.5, 0.6) is 0 Å². The van der Waals surface area contributed by atoms with Gasteiger partial charge in [-0.3, -0.25) is 13.8 Å². The Hall–Kier alpha value is -5.15. The highest BCUT2D eigenvalue weighted by atomic mass is 35.5. The number of benzene rings is 5. The lowest BCUT2D eigenvalue weighted by Gasteiger charge is -2.37. The molecular weight excluding hydrogens is 1050 g/mol. The molecule has 0 spiro atoms. The maximum Gasteiger partial charge on any atom is 0.338 e. The second kappa shape index (κ2) is 24.0. The Labute approximate surface area is 452 Å². The number of anilines is 4. The number of carbonyl (C=O) groups is 1. The highest BCUT2D eigenvalue weighted by Gasteiger charge is 2.41. The number of sulfone groups is 1. The van der Waals surface area contributed by atoms with Gasteiger partial charge in [0.25, 0.3) is 0 Å². The van der Waals surface area contributed by atoms with E-state index in [1.165, 1.54) is 12.3 Å². The summed E-state index contributed by atoms with van der Waals surface area (Å²) in [6, 6.07) is 38.8. The highest BCUT2D eigenvalue weighted by molar-refractivity contribution is 7.99. The van der Waals surface area contributed by atoms with Crippen molar-refractivity contribution in [3.05, 3.63) is 138 Å². The van der Waals surface area contributed by atoms with Gasteiger partial charge in [-0.1, -0.05) is 54.1 Å². The molecule has 4 heterocycles. The van der Waals surface area contributed by atoms with Crippen LogP contribution in [0.15, 0.2) is 131 Å². The van der Waals surface area contributed by atoms with Crippen molar-refractivity contribution in [1.29, 1.82) is 0 Å². The molecule has 19 heteroatoms. The first-order valence-electron chi connectivity index (χ1n) is 25.5. The van der Waals surface area contributed by atoms with Crippen LogP contribution in [-0.4, -0.2) is 113 Å². The molecule has 396 valence electrons. The van der Waals surface area contributed by atoms with Crippen LogP contribution in [-0.2, 0) is 28.0 Å². The molecule has 14 nitrogen and oxygen atoms in total. The van der Waals surface area contributed by atoms with Crippen LogP contribution in [0.2, 0.25) is 5.02 Å². The van der Waals surface area contributed by atoms with E-state index in [1.807, 2.05) is 85.8 Å². The number of aromatic carboxylic acids is 1. The van der Waals surface area contributed by atoms with E-state index < -0.39 is 23.3 Å². The molecule has 6 aromatic rings. The van der Waals surface area contributed by atoms with Crippen molar-refractivity contribution < 1.29 is 36.5 Å². The van der Waals surface area contributed by atoms with Gasteiger partial charge in [-0.15, -0.1) is 11.8 Å². The largest absolute Gasteiger partial charge is 0.478 e. The molecule has 0 unspecified atom stereocenters. The van der Waals surface area contributed by atoms with Crippen LogP contribution >= 0.6 is 39.6 Å². The Kier molecular flexibility index (Phi) is 17.5. The molecule has 3 aliphatic heterocycles. The molecule has 3 saturated heterocycles. The number of aromatic nitrogens is 1. The molecule has 9 rings (SSSR count). The minimum atomic E-state index is -3.78. The number of piperazine rings is 1. The van der Waals surface area contributed by atoms with E-state index in [2.05, 4.69) is 62.7 Å². The second-order valence-corrected chi connectivity index (χ2v) is 26.1. The molecule has 0 saturated carbocycles. The van der Waals surface area contributed by atoms with E-state index >= 15 is 4.57 Å². The zero-order valence-corrected chi connectivity index (χ0v) is 47.0. The van der Waals surface area contributed by atoms with E-state index in [-0.39, 0.29) is 32.3 Å². The van der Waals surface area contributed by atoms with Crippen molar-refractivity contribution in [3.63, 3.8) is 0 Å². The average molecular weight is 1110 g/mol. The van der Waals surface area contributed by atoms with Gasteiger partial charge in [0.15, 0.2) is 9.84 Å². The van der Waals surface area contributed by atoms with Crippen LogP contribution in [0.1, 0.15) is 55.2 Å². The number of rotatable bonds is 20. The molecule has 3 fully saturated rings. The minimum Gasteiger partial charge on any atom is -0.478 e. The molecule has 0 radical (unpaired) electrons. The fourth-order valence-corrected chi connectivity index (χ4v) is 15.3. The van der Waals surface area contributed by atoms with Crippen molar-refractivity contribution in [2.75, 3.05) is 97.4 Å². The normalized spacial score (nSPS) is 18.3. The first kappa shape index (κ1) is 54.6. The lowest BCUT2D eigenvalue weighted by atomic mass is 9.96. The highest BCUT2D eigenvalue weighted by Crippen LogP contribution is 2.56. The van der Waals surface area contributed by atoms with Crippen LogP contribution in [0, 0.1) is 12.8 Å². The molecule has 0 bridgehead atoms. The third-order valence-electron chi connectivity index (χ3n) is 14.6. The molecule has 2 atom stereocenters. The standard InChI is InChI=1S/C56H65ClN6O8P2S2/c1-39(2)63-40(3)53(56(64)65)54(55(63)42-13-15-44(57)16-14-42)43-9-8-10-48(35-43)61-31-29-60(30-32-61)46-17-19-47(20-18-46)62-33-34-71-73(62,67)49-21-22-51(52(36-49)75(4,68)69)58-45(38-74-50-11-6-5-7-12-50)25-28-59-26-23-41(24-27-59)37-70-72-66/h5-22,35-36,39,41,45,58H,23-34,37-38H2,1-4H3,(H,64,65)/t45-,73-/m1/s1. The maximum atomic E-state index is 15.1. The van der Waals surface area contributed by atoms with Gasteiger partial charge in [-0.2, -0.15) is 0 Å². The molecule has 0 amide bonds. The zero-order chi connectivity index (χ0) is 52.9. The maximum absolute atomic E-state index is 15.1. The predicted molar refractivity (Wildman–Crippen MR) is 305 cm³/mol. The third kappa shape index (κ3) is 12.5. The lowest BCUT2D eigenvalue weighted by molar-refractivity contribution is 0.0696. The number of halogens is 1. The topological polar surface area (TPSA) is 154 Å². The molecule has 2 N–H and O–H groups in total. The number of carboxylic acid groups (broad SMARTS) is 1. The van der Waals surface area contributed by atoms with E-state index in [1.54, 1.807) is 28.6 Å². The van der Waals surface area contributed by atoms with E-state index in [9.17, 15) is 22.9 Å². The van der Waals surface area contributed by atoms with Gasteiger partial charge in [0, 0.05) is 95.1 Å². The van der Waals surface area contributed by atoms with Gasteiger partial charge in [0.05, 0.1) is 46.9 Å². The number of hydrogen-bond acceptors (Lipinski definition) is 12. The third-order valence-corrected chi connectivity index (χ3v) is 19.9. The van der Waals surface area contributed by atoms with Crippen molar-refractivity contribution in [2.24, 2.45) is 5.92 Å². The Bertz CT molecular complexity index is 3130. The van der Waals surface area contributed by atoms with Crippen molar-refractivity contribution >= 4 is 83.4 Å². The summed E-state index contributed by atoms with van der Waals surface area (Å²) in [7, 11) is -7.77. The summed E-state index contributed by atoms with van der Waals surface area (Å²) in [5.41, 5.74) is 7.48. The van der Waals surface area contributed by atoms with Gasteiger partial charge in [-0.25, -0.2) is 17.8 Å². The van der Waals surface area contributed by atoms with Crippen LogP contribution in [0.4, 0.5) is 22.7 Å². The number of piperidine rings is 1. The van der Waals surface area contributed by atoms with Gasteiger partial charge in [-0.05, 0) is 149 Å². The summed E-state index contributed by atoms with van der Waals surface area (Å²) >= 11 is 8.01. The number of carboxylic acids is 1. The van der Waals surface area contributed by atoms with Crippen molar-refractivity contribution in [1.82, 2.24) is 9.47 Å². The molecule has 0 aliphatic carbocycles. The zero-order valence-electron chi connectivity index (χ0n) is 42.8. The number of thioether (sulfide) groups is 1. The molecule has 5 aromatic carbocycles. The molecular formula is C56H65ClN6O8P2S2. The van der Waals surface area contributed by atoms with E-state index in [0.29, 0.717) is 57.7 Å². The van der Waals surface area contributed by atoms with Crippen molar-refractivity contribution in [2.45, 2.75) is 61.9 Å². The van der Waals surface area contributed by atoms with Crippen LogP contribution in [0.3, 0.4) is 0 Å². The van der Waals surface area contributed by atoms with E-state index in [0.717, 1.165) is 104 Å². The Morgan fingerprint density at radius 1 is 0.853 bits per heavy atom. The lowest BCUT2D eigenvalue weighted by Crippen LogP contribution is -2.46. The molecule has 1 aromatic heterocycles. The smallest absolute Gasteiger partial charge is 0.338 e. The summed E-state index contributed by atoms with van der Waals surface area (Å²) in [5, 5.41) is 15.1. The minimum absolute atomic E-state index is 0.0146. The summed E-state index contributed by atoms with van der Waals surface area (Å²) in [6.45, 7) is 12.7. The first-order chi connectivity index (χ1) is 36.1. The van der Waals surface area contributed by atoms with Gasteiger partial charge in [0.1, 0.15) is 0 Å². The van der Waals surface area contributed by atoms with E-state index in [4.69, 9.17) is 20.6 Å². The fourth-order valence-electron chi connectivity index (χ4n) is 10.7. The van der Waals surface area contributed by atoms with Crippen LogP contribution < -0.4 is 25.1 Å².